The molecule has 1 heterocycles. The van der Waals surface area contributed by atoms with Gasteiger partial charge in [-0.25, -0.2) is 4.98 Å². The van der Waals surface area contributed by atoms with Crippen LogP contribution in [0.2, 0.25) is 0 Å². The highest BCUT2D eigenvalue weighted by Gasteiger charge is 2.12. The summed E-state index contributed by atoms with van der Waals surface area (Å²) < 4.78 is 5.52. The summed E-state index contributed by atoms with van der Waals surface area (Å²) in [6, 6.07) is 20.3. The number of nitriles is 1. The van der Waals surface area contributed by atoms with Crippen molar-refractivity contribution in [1.29, 1.82) is 5.26 Å². The number of aromatic nitrogens is 2. The topological polar surface area (TPSA) is 61.7 Å². The number of fused-ring (bicyclic) bond motifs is 2. The summed E-state index contributed by atoms with van der Waals surface area (Å²) in [5.74, 6) is 1.28. The maximum atomic E-state index is 9.74. The maximum absolute atomic E-state index is 9.74. The number of H-pyrrole nitrogens is 1. The van der Waals surface area contributed by atoms with Gasteiger partial charge < -0.3 is 9.72 Å². The Bertz CT molecular complexity index is 1200. The van der Waals surface area contributed by atoms with E-state index in [2.05, 4.69) is 16.0 Å². The van der Waals surface area contributed by atoms with Crippen LogP contribution in [0.25, 0.3) is 33.5 Å². The first-order chi connectivity index (χ1) is 12.7. The van der Waals surface area contributed by atoms with Crippen LogP contribution in [-0.2, 0) is 0 Å². The van der Waals surface area contributed by atoms with Crippen molar-refractivity contribution in [1.82, 2.24) is 9.97 Å². The van der Waals surface area contributed by atoms with Gasteiger partial charge in [0.2, 0.25) is 0 Å². The number of ether oxygens (including phenoxy) is 1. The standard InChI is InChI=1S/C22H17N3O/c1-14-7-9-19-20(11-14)25-22(24-19)16(13-23)12-18-17-6-4-3-5-15(17)8-10-21(18)26-2/h3-12H,1-2H3,(H,24,25)/b16-12+. The molecule has 126 valence electrons. The van der Waals surface area contributed by atoms with Crippen molar-refractivity contribution >= 4 is 33.5 Å². The van der Waals surface area contributed by atoms with Gasteiger partial charge in [0.15, 0.2) is 0 Å². The Morgan fingerprint density at radius 2 is 2.00 bits per heavy atom. The summed E-state index contributed by atoms with van der Waals surface area (Å²) in [6.45, 7) is 2.03. The quantitative estimate of drug-likeness (QED) is 0.528. The molecule has 1 N–H and O–H groups in total. The lowest BCUT2D eigenvalue weighted by molar-refractivity contribution is 0.414. The first-order valence-electron chi connectivity index (χ1n) is 8.34. The second-order valence-corrected chi connectivity index (χ2v) is 6.18. The predicted octanol–water partition coefficient (Wildman–Crippen LogP) is 5.10. The molecule has 26 heavy (non-hydrogen) atoms. The van der Waals surface area contributed by atoms with Crippen LogP contribution in [0.3, 0.4) is 0 Å². The van der Waals surface area contributed by atoms with Crippen LogP contribution >= 0.6 is 0 Å². The number of benzene rings is 3. The highest BCUT2D eigenvalue weighted by Crippen LogP contribution is 2.31. The van der Waals surface area contributed by atoms with Crippen LogP contribution in [0.5, 0.6) is 5.75 Å². The highest BCUT2D eigenvalue weighted by atomic mass is 16.5. The van der Waals surface area contributed by atoms with Crippen molar-refractivity contribution in [3.8, 4) is 11.8 Å². The lowest BCUT2D eigenvalue weighted by atomic mass is 10.0. The molecule has 4 aromatic rings. The molecule has 0 aliphatic heterocycles. The number of rotatable bonds is 3. The Balaban J connectivity index is 1.92. The molecule has 4 rings (SSSR count). The van der Waals surface area contributed by atoms with Crippen molar-refractivity contribution in [2.45, 2.75) is 6.92 Å². The third-order valence-electron chi connectivity index (χ3n) is 4.45. The van der Waals surface area contributed by atoms with Crippen LogP contribution in [0.1, 0.15) is 17.0 Å². The van der Waals surface area contributed by atoms with Crippen LogP contribution in [0.15, 0.2) is 54.6 Å². The monoisotopic (exact) mass is 339 g/mol. The molecule has 0 radical (unpaired) electrons. The number of hydrogen-bond acceptors (Lipinski definition) is 3. The van der Waals surface area contributed by atoms with Gasteiger partial charge in [-0.3, -0.25) is 0 Å². The van der Waals surface area contributed by atoms with Crippen LogP contribution in [0.4, 0.5) is 0 Å². The van der Waals surface area contributed by atoms with Crippen molar-refractivity contribution in [2.75, 3.05) is 7.11 Å². The second-order valence-electron chi connectivity index (χ2n) is 6.18. The van der Waals surface area contributed by atoms with Gasteiger partial charge in [-0.1, -0.05) is 36.4 Å². The molecule has 0 bridgehead atoms. The van der Waals surface area contributed by atoms with E-state index < -0.39 is 0 Å². The third-order valence-corrected chi connectivity index (χ3v) is 4.45. The van der Waals surface area contributed by atoms with E-state index in [-0.39, 0.29) is 0 Å². The number of nitrogens with one attached hydrogen (secondary N) is 1. The molecular formula is C22H17N3O. The van der Waals surface area contributed by atoms with Gasteiger partial charge in [-0.05, 0) is 47.5 Å². The van der Waals surface area contributed by atoms with E-state index in [1.807, 2.05) is 67.6 Å². The molecule has 0 unspecified atom stereocenters. The number of nitrogens with zero attached hydrogens (tertiary/aromatic N) is 2. The van der Waals surface area contributed by atoms with Crippen LogP contribution in [-0.4, -0.2) is 17.1 Å². The molecule has 0 aliphatic carbocycles. The average molecular weight is 339 g/mol. The summed E-state index contributed by atoms with van der Waals surface area (Å²) >= 11 is 0. The fourth-order valence-electron chi connectivity index (χ4n) is 3.15. The lowest BCUT2D eigenvalue weighted by Crippen LogP contribution is -1.91. The van der Waals surface area contributed by atoms with E-state index in [1.165, 1.54) is 0 Å². The van der Waals surface area contributed by atoms with Crippen LogP contribution < -0.4 is 4.74 Å². The Kier molecular flexibility index (Phi) is 3.91. The lowest BCUT2D eigenvalue weighted by Gasteiger charge is -2.09. The van der Waals surface area contributed by atoms with E-state index in [9.17, 15) is 5.26 Å². The first-order valence-corrected chi connectivity index (χ1v) is 8.34. The molecule has 4 heteroatoms. The molecular weight excluding hydrogens is 322 g/mol. The minimum atomic E-state index is 0.466. The minimum absolute atomic E-state index is 0.466. The van der Waals surface area contributed by atoms with E-state index in [0.29, 0.717) is 11.4 Å². The predicted molar refractivity (Wildman–Crippen MR) is 105 cm³/mol. The number of hydrogen-bond donors (Lipinski definition) is 1. The smallest absolute Gasteiger partial charge is 0.149 e. The Hall–Kier alpha value is -3.58. The van der Waals surface area contributed by atoms with Gasteiger partial charge in [0, 0.05) is 5.56 Å². The third kappa shape index (κ3) is 2.70. The second kappa shape index (κ2) is 6.38. The Morgan fingerprint density at radius 3 is 2.81 bits per heavy atom. The summed E-state index contributed by atoms with van der Waals surface area (Å²) in [7, 11) is 1.64. The zero-order chi connectivity index (χ0) is 18.1. The molecule has 0 amide bonds. The number of aryl methyl sites for hydroxylation is 1. The van der Waals surface area contributed by atoms with Crippen LogP contribution in [0, 0.1) is 18.3 Å². The number of methoxy groups -OCH3 is 1. The highest BCUT2D eigenvalue weighted by molar-refractivity contribution is 6.00. The number of aromatic amines is 1. The maximum Gasteiger partial charge on any atom is 0.149 e. The molecule has 0 aliphatic rings. The van der Waals surface area contributed by atoms with Gasteiger partial charge in [0.1, 0.15) is 17.6 Å². The zero-order valence-electron chi connectivity index (χ0n) is 14.6. The molecule has 0 saturated carbocycles. The molecule has 0 saturated heterocycles. The van der Waals surface area contributed by atoms with E-state index in [4.69, 9.17) is 4.74 Å². The van der Waals surface area contributed by atoms with E-state index in [0.717, 1.165) is 38.7 Å². The fourth-order valence-corrected chi connectivity index (χ4v) is 3.15. The largest absolute Gasteiger partial charge is 0.496 e. The van der Waals surface area contributed by atoms with Gasteiger partial charge in [-0.2, -0.15) is 5.26 Å². The van der Waals surface area contributed by atoms with Crippen molar-refractivity contribution in [3.05, 3.63) is 71.5 Å². The Morgan fingerprint density at radius 1 is 1.15 bits per heavy atom. The zero-order valence-corrected chi connectivity index (χ0v) is 14.6. The molecule has 0 spiro atoms. The normalized spacial score (nSPS) is 11.7. The fraction of sp³-hybridized carbons (Fsp3) is 0.0909. The van der Waals surface area contributed by atoms with E-state index >= 15 is 0 Å². The van der Waals surface area contributed by atoms with Gasteiger partial charge in [0.05, 0.1) is 23.7 Å². The molecule has 4 nitrogen and oxygen atoms in total. The minimum Gasteiger partial charge on any atom is -0.496 e. The summed E-state index contributed by atoms with van der Waals surface area (Å²) in [6.07, 6.45) is 1.84. The van der Waals surface area contributed by atoms with Crippen molar-refractivity contribution in [3.63, 3.8) is 0 Å². The van der Waals surface area contributed by atoms with Crippen molar-refractivity contribution in [2.24, 2.45) is 0 Å². The average Bonchev–Trinajstić information content (AvgIpc) is 3.08. The Labute approximate surface area is 151 Å². The molecule has 0 atom stereocenters. The number of allylic oxidation sites excluding steroid dienone is 1. The molecule has 0 fully saturated rings. The summed E-state index contributed by atoms with van der Waals surface area (Å²) in [5, 5.41) is 11.9. The number of imidazole rings is 1. The SMILES string of the molecule is COc1ccc2ccccc2c1/C=C(\C#N)c1nc2ccc(C)cc2[nH]1. The first kappa shape index (κ1) is 15.9. The van der Waals surface area contributed by atoms with Gasteiger partial charge in [0.25, 0.3) is 0 Å². The van der Waals surface area contributed by atoms with Crippen molar-refractivity contribution < 1.29 is 4.74 Å². The summed E-state index contributed by atoms with van der Waals surface area (Å²) in [5.41, 5.74) is 4.25. The molecule has 3 aromatic carbocycles. The van der Waals surface area contributed by atoms with Gasteiger partial charge >= 0.3 is 0 Å². The summed E-state index contributed by atoms with van der Waals surface area (Å²) in [4.78, 5) is 7.82. The van der Waals surface area contributed by atoms with Gasteiger partial charge in [-0.15, -0.1) is 0 Å². The van der Waals surface area contributed by atoms with E-state index in [1.54, 1.807) is 7.11 Å². The molecule has 1 aromatic heterocycles.